The summed E-state index contributed by atoms with van der Waals surface area (Å²) in [4.78, 5) is 4.57. The first kappa shape index (κ1) is 12.8. The largest absolute Gasteiger partial charge is 0.359 e. The molecule has 3 rings (SSSR count). The second kappa shape index (κ2) is 5.04. The van der Waals surface area contributed by atoms with Gasteiger partial charge in [-0.2, -0.15) is 0 Å². The Morgan fingerprint density at radius 1 is 0.900 bits per heavy atom. The Balaban J connectivity index is 2.14. The summed E-state index contributed by atoms with van der Waals surface area (Å²) >= 11 is 0. The highest BCUT2D eigenvalue weighted by atomic mass is 15.4. The van der Waals surface area contributed by atoms with Crippen molar-refractivity contribution in [2.75, 3.05) is 11.9 Å². The van der Waals surface area contributed by atoms with Crippen LogP contribution in [0.3, 0.4) is 0 Å². The Kier molecular flexibility index (Phi) is 3.23. The summed E-state index contributed by atoms with van der Waals surface area (Å²) in [6, 6.07) is 17.1. The van der Waals surface area contributed by atoms with Crippen molar-refractivity contribution in [3.8, 4) is 11.1 Å². The molecule has 0 saturated heterocycles. The summed E-state index contributed by atoms with van der Waals surface area (Å²) in [6.45, 7) is 4.40. The van der Waals surface area contributed by atoms with E-state index in [1.165, 1.54) is 22.4 Å². The highest BCUT2D eigenvalue weighted by Gasteiger charge is 2.23. The molecule has 1 aliphatic heterocycles. The van der Waals surface area contributed by atoms with Gasteiger partial charge in [-0.3, -0.25) is 0 Å². The number of aryl methyl sites for hydroxylation is 1. The molecule has 1 unspecified atom stereocenters. The zero-order valence-corrected chi connectivity index (χ0v) is 12.2. The number of benzene rings is 2. The van der Waals surface area contributed by atoms with Crippen molar-refractivity contribution in [1.29, 1.82) is 0 Å². The molecule has 1 heterocycles. The third-order valence-corrected chi connectivity index (χ3v) is 4.04. The Morgan fingerprint density at radius 3 is 2.30 bits per heavy atom. The van der Waals surface area contributed by atoms with E-state index in [1.54, 1.807) is 0 Å². The van der Waals surface area contributed by atoms with Gasteiger partial charge in [0.1, 0.15) is 6.17 Å². The van der Waals surface area contributed by atoms with Crippen LogP contribution in [0.4, 0.5) is 5.69 Å². The third-order valence-electron chi connectivity index (χ3n) is 4.04. The van der Waals surface area contributed by atoms with Gasteiger partial charge in [0, 0.05) is 25.0 Å². The first-order valence-electron chi connectivity index (χ1n) is 7.02. The summed E-state index contributed by atoms with van der Waals surface area (Å²) in [7, 11) is 2.11. The van der Waals surface area contributed by atoms with Crippen LogP contribution in [-0.4, -0.2) is 18.1 Å². The first-order valence-corrected chi connectivity index (χ1v) is 7.02. The Bertz CT molecular complexity index is 631. The van der Waals surface area contributed by atoms with Crippen LogP contribution >= 0.6 is 0 Å². The average molecular weight is 264 g/mol. The molecule has 1 atom stereocenters. The number of rotatable bonds is 2. The number of hydrogen-bond acceptors (Lipinski definition) is 2. The van der Waals surface area contributed by atoms with Crippen molar-refractivity contribution in [2.24, 2.45) is 0 Å². The van der Waals surface area contributed by atoms with Crippen LogP contribution in [0.5, 0.6) is 0 Å². The van der Waals surface area contributed by atoms with E-state index in [9.17, 15) is 0 Å². The molecule has 102 valence electrons. The lowest BCUT2D eigenvalue weighted by molar-refractivity contribution is 0.383. The lowest BCUT2D eigenvalue weighted by atomic mass is 9.99. The van der Waals surface area contributed by atoms with E-state index in [2.05, 4.69) is 91.6 Å². The van der Waals surface area contributed by atoms with Gasteiger partial charge in [0.15, 0.2) is 0 Å². The van der Waals surface area contributed by atoms with E-state index >= 15 is 0 Å². The maximum atomic E-state index is 2.34. The van der Waals surface area contributed by atoms with Crippen LogP contribution in [0.25, 0.3) is 11.1 Å². The molecule has 0 bridgehead atoms. The van der Waals surface area contributed by atoms with Crippen molar-refractivity contribution in [2.45, 2.75) is 20.0 Å². The molecule has 2 aromatic rings. The average Bonchev–Trinajstić information content (AvgIpc) is 2.80. The van der Waals surface area contributed by atoms with Crippen molar-refractivity contribution in [1.82, 2.24) is 4.90 Å². The van der Waals surface area contributed by atoms with Crippen LogP contribution in [0, 0.1) is 6.92 Å². The quantitative estimate of drug-likeness (QED) is 0.801. The molecule has 0 N–H and O–H groups in total. The Hall–Kier alpha value is -2.22. The highest BCUT2D eigenvalue weighted by Crippen LogP contribution is 2.36. The standard InChI is InChI=1S/C18H20N2/c1-14-8-7-11-17(16-9-5-4-6-10-16)18(14)20-13-12-19(3)15(20)2/h4-13,15H,1-3H3. The predicted octanol–water partition coefficient (Wildman–Crippen LogP) is 4.23. The van der Waals surface area contributed by atoms with Gasteiger partial charge in [-0.05, 0) is 25.0 Å². The molecule has 1 aliphatic rings. The monoisotopic (exact) mass is 264 g/mol. The van der Waals surface area contributed by atoms with Gasteiger partial charge in [-0.25, -0.2) is 0 Å². The maximum absolute atomic E-state index is 2.34. The van der Waals surface area contributed by atoms with Crippen LogP contribution in [0.1, 0.15) is 12.5 Å². The van der Waals surface area contributed by atoms with E-state index in [0.29, 0.717) is 6.17 Å². The molecule has 0 saturated carbocycles. The fourth-order valence-corrected chi connectivity index (χ4v) is 2.74. The lowest BCUT2D eigenvalue weighted by Gasteiger charge is -2.30. The molecule has 2 aromatic carbocycles. The van der Waals surface area contributed by atoms with Gasteiger partial charge in [0.05, 0.1) is 5.69 Å². The molecule has 0 fully saturated rings. The number of anilines is 1. The van der Waals surface area contributed by atoms with Crippen molar-refractivity contribution < 1.29 is 0 Å². The fraction of sp³-hybridized carbons (Fsp3) is 0.222. The summed E-state index contributed by atoms with van der Waals surface area (Å²) in [5.74, 6) is 0. The van der Waals surface area contributed by atoms with Gasteiger partial charge < -0.3 is 9.80 Å². The van der Waals surface area contributed by atoms with E-state index in [4.69, 9.17) is 0 Å². The maximum Gasteiger partial charge on any atom is 0.102 e. The minimum Gasteiger partial charge on any atom is -0.359 e. The normalized spacial score (nSPS) is 17.9. The van der Waals surface area contributed by atoms with Crippen LogP contribution < -0.4 is 4.90 Å². The SMILES string of the molecule is Cc1cccc(-c2ccccc2)c1N1C=CN(C)C1C. The zero-order valence-electron chi connectivity index (χ0n) is 12.2. The molecule has 0 spiro atoms. The predicted molar refractivity (Wildman–Crippen MR) is 85.5 cm³/mol. The molecule has 2 nitrogen and oxygen atoms in total. The van der Waals surface area contributed by atoms with Crippen molar-refractivity contribution >= 4 is 5.69 Å². The van der Waals surface area contributed by atoms with E-state index < -0.39 is 0 Å². The zero-order chi connectivity index (χ0) is 14.1. The second-order valence-electron chi connectivity index (χ2n) is 5.34. The number of para-hydroxylation sites is 1. The van der Waals surface area contributed by atoms with E-state index in [1.807, 2.05) is 0 Å². The Morgan fingerprint density at radius 2 is 1.65 bits per heavy atom. The molecule has 0 amide bonds. The van der Waals surface area contributed by atoms with Gasteiger partial charge in [-0.15, -0.1) is 0 Å². The summed E-state index contributed by atoms with van der Waals surface area (Å²) in [6.07, 6.45) is 4.64. The Labute approximate surface area is 121 Å². The van der Waals surface area contributed by atoms with E-state index in [-0.39, 0.29) is 0 Å². The molecule has 0 aromatic heterocycles. The highest BCUT2D eigenvalue weighted by molar-refractivity contribution is 5.82. The molecular formula is C18H20N2. The van der Waals surface area contributed by atoms with Gasteiger partial charge in [0.25, 0.3) is 0 Å². The van der Waals surface area contributed by atoms with Gasteiger partial charge in [-0.1, -0.05) is 48.5 Å². The second-order valence-corrected chi connectivity index (χ2v) is 5.34. The smallest absolute Gasteiger partial charge is 0.102 e. The van der Waals surface area contributed by atoms with Crippen molar-refractivity contribution in [3.05, 3.63) is 66.5 Å². The van der Waals surface area contributed by atoms with Gasteiger partial charge in [0.2, 0.25) is 0 Å². The third kappa shape index (κ3) is 2.07. The minimum atomic E-state index is 0.346. The van der Waals surface area contributed by atoms with Gasteiger partial charge >= 0.3 is 0 Å². The topological polar surface area (TPSA) is 6.48 Å². The molecule has 20 heavy (non-hydrogen) atoms. The molecule has 0 aliphatic carbocycles. The molecule has 0 radical (unpaired) electrons. The van der Waals surface area contributed by atoms with Crippen molar-refractivity contribution in [3.63, 3.8) is 0 Å². The van der Waals surface area contributed by atoms with Crippen LogP contribution in [-0.2, 0) is 0 Å². The first-order chi connectivity index (χ1) is 9.68. The summed E-state index contributed by atoms with van der Waals surface area (Å²) in [5, 5.41) is 0. The van der Waals surface area contributed by atoms with Crippen LogP contribution in [0.15, 0.2) is 60.9 Å². The lowest BCUT2D eigenvalue weighted by Crippen LogP contribution is -2.34. The fourth-order valence-electron chi connectivity index (χ4n) is 2.74. The summed E-state index contributed by atoms with van der Waals surface area (Å²) in [5.41, 5.74) is 5.16. The van der Waals surface area contributed by atoms with Crippen LogP contribution in [0.2, 0.25) is 0 Å². The summed E-state index contributed by atoms with van der Waals surface area (Å²) < 4.78 is 0. The number of hydrogen-bond donors (Lipinski definition) is 0. The molecule has 2 heteroatoms. The molecular weight excluding hydrogens is 244 g/mol. The minimum absolute atomic E-state index is 0.346. The van der Waals surface area contributed by atoms with E-state index in [0.717, 1.165) is 0 Å². The number of nitrogens with zero attached hydrogens (tertiary/aromatic N) is 2.